The van der Waals surface area contributed by atoms with Crippen molar-refractivity contribution in [2.24, 2.45) is 0 Å². The molecule has 1 aromatic heterocycles. The maximum absolute atomic E-state index is 13.3. The number of carbonyl (C=O) groups is 1. The number of pyridine rings is 1. The van der Waals surface area contributed by atoms with Crippen LogP contribution in [0.3, 0.4) is 0 Å². The summed E-state index contributed by atoms with van der Waals surface area (Å²) in [6.07, 6.45) is 3.60. The van der Waals surface area contributed by atoms with Crippen LogP contribution in [-0.2, 0) is 0 Å². The third-order valence-electron chi connectivity index (χ3n) is 5.13. The first-order valence-electron chi connectivity index (χ1n) is 10.4. The first-order chi connectivity index (χ1) is 14.9. The van der Waals surface area contributed by atoms with Gasteiger partial charge in [0.15, 0.2) is 0 Å². The average molecular weight is 420 g/mol. The molecule has 6 heteroatoms. The van der Waals surface area contributed by atoms with E-state index in [0.717, 1.165) is 24.0 Å². The van der Waals surface area contributed by atoms with Crippen LogP contribution in [0.5, 0.6) is 5.75 Å². The number of carbonyl (C=O) groups excluding carboxylic acids is 1. The summed E-state index contributed by atoms with van der Waals surface area (Å²) in [6.45, 7) is 10.1. The Balaban J connectivity index is 1.93. The Bertz CT molecular complexity index is 1150. The van der Waals surface area contributed by atoms with E-state index in [9.17, 15) is 9.59 Å². The fourth-order valence-electron chi connectivity index (χ4n) is 3.40. The zero-order valence-corrected chi connectivity index (χ0v) is 18.4. The first kappa shape index (κ1) is 22.3. The highest BCUT2D eigenvalue weighted by Gasteiger charge is 2.12. The lowest BCUT2D eigenvalue weighted by Crippen LogP contribution is -2.24. The Morgan fingerprint density at radius 2 is 2.03 bits per heavy atom. The molecule has 0 saturated carbocycles. The van der Waals surface area contributed by atoms with E-state index in [1.165, 1.54) is 0 Å². The van der Waals surface area contributed by atoms with Gasteiger partial charge >= 0.3 is 0 Å². The normalized spacial score (nSPS) is 11.0. The third-order valence-corrected chi connectivity index (χ3v) is 5.13. The molecule has 1 N–H and O–H groups in total. The standard InChI is InChI=1S/C25H29N3O3/c1-5-12-27(4)14-15-31-21-10-9-19-11-13-28(25(30)22(19)17-21)23-16-20(8-7-18(23)3)24(29)26-6-2/h5,7-11,13,16-17H,1,6,12,14-15H2,2-4H3,(H,26,29). The number of likely N-dealkylation sites (N-methyl/N-ethyl adjacent to an activating group) is 1. The molecule has 162 valence electrons. The minimum Gasteiger partial charge on any atom is -0.492 e. The molecule has 3 aromatic rings. The fourth-order valence-corrected chi connectivity index (χ4v) is 3.40. The lowest BCUT2D eigenvalue weighted by Gasteiger charge is -2.15. The molecule has 0 spiro atoms. The van der Waals surface area contributed by atoms with Crippen molar-refractivity contribution >= 4 is 16.7 Å². The number of rotatable bonds is 9. The van der Waals surface area contributed by atoms with Crippen LogP contribution < -0.4 is 15.6 Å². The minimum atomic E-state index is -0.158. The van der Waals surface area contributed by atoms with Gasteiger partial charge in [0.1, 0.15) is 12.4 Å². The monoisotopic (exact) mass is 419 g/mol. The smallest absolute Gasteiger partial charge is 0.263 e. The van der Waals surface area contributed by atoms with Crippen LogP contribution in [0.1, 0.15) is 22.8 Å². The molecule has 0 fully saturated rings. The number of ether oxygens (including phenoxy) is 1. The first-order valence-corrected chi connectivity index (χ1v) is 10.4. The van der Waals surface area contributed by atoms with Crippen LogP contribution >= 0.6 is 0 Å². The van der Waals surface area contributed by atoms with Gasteiger partial charge < -0.3 is 10.1 Å². The largest absolute Gasteiger partial charge is 0.492 e. The zero-order valence-electron chi connectivity index (χ0n) is 18.4. The zero-order chi connectivity index (χ0) is 22.4. The average Bonchev–Trinajstić information content (AvgIpc) is 2.75. The minimum absolute atomic E-state index is 0.150. The van der Waals surface area contributed by atoms with Crippen LogP contribution in [0.4, 0.5) is 0 Å². The topological polar surface area (TPSA) is 63.6 Å². The maximum atomic E-state index is 13.3. The Morgan fingerprint density at radius 3 is 2.77 bits per heavy atom. The van der Waals surface area contributed by atoms with E-state index in [1.807, 2.05) is 51.2 Å². The van der Waals surface area contributed by atoms with Crippen molar-refractivity contribution in [3.63, 3.8) is 0 Å². The summed E-state index contributed by atoms with van der Waals surface area (Å²) in [7, 11) is 2.00. The van der Waals surface area contributed by atoms with E-state index in [4.69, 9.17) is 4.74 Å². The van der Waals surface area contributed by atoms with Crippen LogP contribution in [0, 0.1) is 6.92 Å². The highest BCUT2D eigenvalue weighted by molar-refractivity contribution is 5.95. The van der Waals surface area contributed by atoms with Crippen molar-refractivity contribution < 1.29 is 9.53 Å². The van der Waals surface area contributed by atoms with Gasteiger partial charge in [0.05, 0.1) is 11.1 Å². The Labute approximate surface area is 182 Å². The molecular weight excluding hydrogens is 390 g/mol. The lowest BCUT2D eigenvalue weighted by atomic mass is 10.1. The number of nitrogens with one attached hydrogen (secondary N) is 1. The molecule has 0 aliphatic heterocycles. The molecule has 1 heterocycles. The number of amides is 1. The summed E-state index contributed by atoms with van der Waals surface area (Å²) in [5.41, 5.74) is 1.97. The Hall–Kier alpha value is -3.38. The number of fused-ring (bicyclic) bond motifs is 1. The fraction of sp³-hybridized carbons (Fsp3) is 0.280. The summed E-state index contributed by atoms with van der Waals surface area (Å²) >= 11 is 0. The SMILES string of the molecule is C=CCN(C)CCOc1ccc2ccn(-c3cc(C(=O)NCC)ccc3C)c(=O)c2c1. The van der Waals surface area contributed by atoms with Gasteiger partial charge in [-0.1, -0.05) is 18.2 Å². The third kappa shape index (κ3) is 5.22. The molecule has 0 radical (unpaired) electrons. The van der Waals surface area contributed by atoms with Gasteiger partial charge in [0, 0.05) is 31.4 Å². The highest BCUT2D eigenvalue weighted by Crippen LogP contribution is 2.21. The highest BCUT2D eigenvalue weighted by atomic mass is 16.5. The van der Waals surface area contributed by atoms with Crippen molar-refractivity contribution in [2.45, 2.75) is 13.8 Å². The van der Waals surface area contributed by atoms with Crippen molar-refractivity contribution in [3.8, 4) is 11.4 Å². The molecular formula is C25H29N3O3. The molecule has 1 amide bonds. The summed E-state index contributed by atoms with van der Waals surface area (Å²) in [5.74, 6) is 0.497. The quantitative estimate of drug-likeness (QED) is 0.539. The molecule has 0 aliphatic carbocycles. The van der Waals surface area contributed by atoms with Gasteiger partial charge in [-0.25, -0.2) is 0 Å². The molecule has 0 saturated heterocycles. The van der Waals surface area contributed by atoms with Gasteiger partial charge in [-0.2, -0.15) is 0 Å². The van der Waals surface area contributed by atoms with Crippen molar-refractivity contribution in [1.29, 1.82) is 0 Å². The summed E-state index contributed by atoms with van der Waals surface area (Å²) < 4.78 is 7.44. The molecule has 31 heavy (non-hydrogen) atoms. The number of hydrogen-bond donors (Lipinski definition) is 1. The van der Waals surface area contributed by atoms with E-state index in [2.05, 4.69) is 16.8 Å². The van der Waals surface area contributed by atoms with E-state index in [-0.39, 0.29) is 11.5 Å². The van der Waals surface area contributed by atoms with Crippen molar-refractivity contribution in [3.05, 3.63) is 82.8 Å². The maximum Gasteiger partial charge on any atom is 0.263 e. The molecule has 2 aromatic carbocycles. The van der Waals surface area contributed by atoms with E-state index in [0.29, 0.717) is 35.5 Å². The van der Waals surface area contributed by atoms with Crippen molar-refractivity contribution in [2.75, 3.05) is 33.3 Å². The van der Waals surface area contributed by atoms with E-state index >= 15 is 0 Å². The number of aromatic nitrogens is 1. The second kappa shape index (κ2) is 10.1. The predicted octanol–water partition coefficient (Wildman–Crippen LogP) is 3.55. The number of nitrogens with zero attached hydrogens (tertiary/aromatic N) is 2. The predicted molar refractivity (Wildman–Crippen MR) is 125 cm³/mol. The summed E-state index contributed by atoms with van der Waals surface area (Å²) in [6, 6.07) is 12.8. The number of aryl methyl sites for hydroxylation is 1. The van der Waals surface area contributed by atoms with Gasteiger partial charge in [-0.3, -0.25) is 19.1 Å². The van der Waals surface area contributed by atoms with Gasteiger partial charge in [-0.05, 0) is 62.2 Å². The number of benzene rings is 2. The van der Waals surface area contributed by atoms with E-state index in [1.54, 1.807) is 29.0 Å². The second-order valence-corrected chi connectivity index (χ2v) is 7.50. The summed E-state index contributed by atoms with van der Waals surface area (Å²) in [4.78, 5) is 27.6. The molecule has 6 nitrogen and oxygen atoms in total. The van der Waals surface area contributed by atoms with Gasteiger partial charge in [0.25, 0.3) is 11.5 Å². The van der Waals surface area contributed by atoms with Crippen LogP contribution in [0.25, 0.3) is 16.5 Å². The lowest BCUT2D eigenvalue weighted by molar-refractivity contribution is 0.0956. The van der Waals surface area contributed by atoms with Crippen molar-refractivity contribution in [1.82, 2.24) is 14.8 Å². The number of hydrogen-bond acceptors (Lipinski definition) is 4. The van der Waals surface area contributed by atoms with Crippen LogP contribution in [0.2, 0.25) is 0 Å². The van der Waals surface area contributed by atoms with Gasteiger partial charge in [0.2, 0.25) is 0 Å². The van der Waals surface area contributed by atoms with Crippen LogP contribution in [0.15, 0.2) is 66.1 Å². The van der Waals surface area contributed by atoms with E-state index < -0.39 is 0 Å². The molecule has 0 bridgehead atoms. The summed E-state index contributed by atoms with van der Waals surface area (Å²) in [5, 5.41) is 4.21. The van der Waals surface area contributed by atoms with Gasteiger partial charge in [-0.15, -0.1) is 6.58 Å². The molecule has 0 unspecified atom stereocenters. The second-order valence-electron chi connectivity index (χ2n) is 7.50. The van der Waals surface area contributed by atoms with Crippen LogP contribution in [-0.4, -0.2) is 48.7 Å². The Kier molecular flexibility index (Phi) is 7.26. The molecule has 0 aliphatic rings. The molecule has 0 atom stereocenters. The Morgan fingerprint density at radius 1 is 1.23 bits per heavy atom. The molecule has 3 rings (SSSR count).